The first-order valence-electron chi connectivity index (χ1n) is 14.9. The van der Waals surface area contributed by atoms with E-state index in [0.717, 1.165) is 4.78 Å². The Morgan fingerprint density at radius 2 is 1.20 bits per heavy atom. The standard InChI is InChI=1S/C28H48Cl4N6O6P2/c1-15-41-23(39)33-36(24(40)42-16-2)45(34-25(3,4)5)37(27(9,10)11)46(35-26(6,7)8,38(45)28(12,13)14)43-21-19(31)17(29)18(30)20(32)22(21)44-46/h35H,15-16H2,1-14H3,(H,33,39). The van der Waals surface area contributed by atoms with E-state index in [9.17, 15) is 9.59 Å². The van der Waals surface area contributed by atoms with Gasteiger partial charge in [0.1, 0.15) is 0 Å². The van der Waals surface area contributed by atoms with Crippen LogP contribution in [0.4, 0.5) is 9.59 Å². The van der Waals surface area contributed by atoms with E-state index in [1.165, 1.54) is 0 Å². The maximum absolute atomic E-state index is 14.1. The molecular weight excluding hydrogens is 720 g/mol. The maximum atomic E-state index is 14.1. The molecule has 1 aromatic carbocycles. The predicted octanol–water partition coefficient (Wildman–Crippen LogP) is 10.7. The molecule has 1 spiro atoms. The van der Waals surface area contributed by atoms with Crippen molar-refractivity contribution in [2.45, 2.75) is 119 Å². The van der Waals surface area contributed by atoms with E-state index in [4.69, 9.17) is 69.7 Å². The van der Waals surface area contributed by atoms with Crippen LogP contribution in [0.15, 0.2) is 4.74 Å². The minimum absolute atomic E-state index is 0.00138. The predicted molar refractivity (Wildman–Crippen MR) is 189 cm³/mol. The van der Waals surface area contributed by atoms with E-state index in [1.54, 1.807) is 13.8 Å². The van der Waals surface area contributed by atoms with Gasteiger partial charge in [-0.2, -0.15) is 0 Å². The van der Waals surface area contributed by atoms with Crippen molar-refractivity contribution in [3.05, 3.63) is 20.1 Å². The molecule has 18 heteroatoms. The van der Waals surface area contributed by atoms with Crippen LogP contribution in [0.2, 0.25) is 20.1 Å². The van der Waals surface area contributed by atoms with Gasteiger partial charge in [0.15, 0.2) is 0 Å². The van der Waals surface area contributed by atoms with Crippen LogP contribution in [0.3, 0.4) is 0 Å². The van der Waals surface area contributed by atoms with Gasteiger partial charge in [0.05, 0.1) is 0 Å². The van der Waals surface area contributed by atoms with Crippen molar-refractivity contribution in [1.82, 2.24) is 24.2 Å². The molecule has 0 bridgehead atoms. The number of fused-ring (bicyclic) bond motifs is 1. The number of hydrogen-bond donors (Lipinski definition) is 2. The summed E-state index contributed by atoms with van der Waals surface area (Å²) in [6.07, 6.45) is -1.73. The van der Waals surface area contributed by atoms with Crippen LogP contribution >= 0.6 is 61.4 Å². The molecule has 2 aliphatic rings. The Labute approximate surface area is 293 Å². The molecule has 2 heterocycles. The van der Waals surface area contributed by atoms with Gasteiger partial charge in [-0.3, -0.25) is 0 Å². The van der Waals surface area contributed by atoms with Gasteiger partial charge in [-0.05, 0) is 0 Å². The normalized spacial score (nSPS) is 22.0. The number of halogens is 4. The summed E-state index contributed by atoms with van der Waals surface area (Å²) >= 11 is 26.7. The van der Waals surface area contributed by atoms with Crippen molar-refractivity contribution in [1.29, 1.82) is 0 Å². The van der Waals surface area contributed by atoms with Crippen LogP contribution in [0.1, 0.15) is 96.9 Å². The molecule has 0 aliphatic carbocycles. The number of rotatable bonds is 4. The molecule has 1 saturated heterocycles. The van der Waals surface area contributed by atoms with Gasteiger partial charge in [-0.1, -0.05) is 0 Å². The van der Waals surface area contributed by atoms with Crippen molar-refractivity contribution in [3.8, 4) is 11.5 Å². The third-order valence-corrected chi connectivity index (χ3v) is 19.8. The van der Waals surface area contributed by atoms with Gasteiger partial charge in [-0.15, -0.1) is 0 Å². The number of hydrogen-bond acceptors (Lipinski definition) is 8. The molecular formula is C28H48Cl4N6O6P2. The number of carbonyl (C=O) groups is 2. The number of nitrogens with one attached hydrogen (secondary N) is 2. The van der Waals surface area contributed by atoms with Crippen molar-refractivity contribution < 1.29 is 28.1 Å². The molecule has 2 amide bonds. The first-order chi connectivity index (χ1) is 20.6. The summed E-state index contributed by atoms with van der Waals surface area (Å²) in [7, 11) is -8.58. The van der Waals surface area contributed by atoms with Crippen molar-refractivity contribution in [2.75, 3.05) is 13.2 Å². The number of ether oxygens (including phenoxy) is 2. The number of hydrazine groups is 1. The third-order valence-electron chi connectivity index (χ3n) is 6.21. The van der Waals surface area contributed by atoms with Crippen molar-refractivity contribution >= 4 is 73.6 Å². The molecule has 0 atom stereocenters. The number of carbonyl (C=O) groups excluding carboxylic acids is 2. The van der Waals surface area contributed by atoms with Crippen LogP contribution < -0.4 is 19.6 Å². The Kier molecular flexibility index (Phi) is 10.7. The summed E-state index contributed by atoms with van der Waals surface area (Å²) in [6.45, 7) is 26.6. The molecule has 0 radical (unpaired) electrons. The van der Waals surface area contributed by atoms with E-state index in [1.807, 2.05) is 92.0 Å². The van der Waals surface area contributed by atoms with Crippen molar-refractivity contribution in [2.24, 2.45) is 4.74 Å². The van der Waals surface area contributed by atoms with Gasteiger partial charge >= 0.3 is 295 Å². The van der Waals surface area contributed by atoms with E-state index < -0.39 is 49.4 Å². The summed E-state index contributed by atoms with van der Waals surface area (Å²) in [6, 6.07) is 0. The number of nitrogens with zero attached hydrogens (tertiary/aromatic N) is 4. The molecule has 0 aromatic heterocycles. The average Bonchev–Trinajstić information content (AvgIpc) is 3.17. The zero-order valence-corrected chi connectivity index (χ0v) is 33.9. The van der Waals surface area contributed by atoms with E-state index >= 15 is 0 Å². The summed E-state index contributed by atoms with van der Waals surface area (Å²) in [4.78, 5) is 27.4. The Balaban J connectivity index is 2.69. The molecule has 1 aromatic rings. The average molecular weight is 768 g/mol. The summed E-state index contributed by atoms with van der Waals surface area (Å²) in [5, 5.41) is 3.71. The summed E-state index contributed by atoms with van der Waals surface area (Å²) < 4.78 is 35.6. The molecule has 264 valence electrons. The number of benzene rings is 1. The van der Waals surface area contributed by atoms with Gasteiger partial charge in [-0.25, -0.2) is 0 Å². The second-order valence-electron chi connectivity index (χ2n) is 14.9. The Morgan fingerprint density at radius 1 is 0.783 bits per heavy atom. The van der Waals surface area contributed by atoms with Gasteiger partial charge < -0.3 is 0 Å². The molecule has 0 saturated carbocycles. The molecule has 2 aliphatic heterocycles. The SMILES string of the molecule is CCOC(=O)NN(C(=O)OCC)P1(=NC(C)(C)C)N(C(C)(C)C)P2(NC(C)(C)C)(Oc3c(Cl)c(Cl)c(Cl)c(Cl)c3O2)N1C(C)(C)C. The second kappa shape index (κ2) is 12.4. The molecule has 2 N–H and O–H groups in total. The van der Waals surface area contributed by atoms with E-state index in [2.05, 4.69) is 10.5 Å². The van der Waals surface area contributed by atoms with Crippen LogP contribution in [0, 0.1) is 0 Å². The minimum atomic E-state index is -4.84. The molecule has 1 fully saturated rings. The van der Waals surface area contributed by atoms with Gasteiger partial charge in [0.2, 0.25) is 0 Å². The van der Waals surface area contributed by atoms with Crippen LogP contribution in [0.25, 0.3) is 0 Å². The zero-order chi connectivity index (χ0) is 35.7. The third kappa shape index (κ3) is 6.52. The fraction of sp³-hybridized carbons (Fsp3) is 0.714. The van der Waals surface area contributed by atoms with Gasteiger partial charge in [0, 0.05) is 0 Å². The van der Waals surface area contributed by atoms with Gasteiger partial charge in [0.25, 0.3) is 0 Å². The Bertz CT molecular complexity index is 1400. The molecule has 12 nitrogen and oxygen atoms in total. The molecule has 46 heavy (non-hydrogen) atoms. The van der Waals surface area contributed by atoms with Crippen LogP contribution in [0.5, 0.6) is 11.5 Å². The molecule has 0 unspecified atom stereocenters. The second-order valence-corrected chi connectivity index (χ2v) is 22.7. The zero-order valence-electron chi connectivity index (χ0n) is 29.1. The topological polar surface area (TPSA) is 117 Å². The van der Waals surface area contributed by atoms with Crippen molar-refractivity contribution in [3.63, 3.8) is 0 Å². The first-order valence-corrected chi connectivity index (χ1v) is 20.0. The van der Waals surface area contributed by atoms with Crippen LogP contribution in [-0.2, 0) is 9.47 Å². The molecule has 3 rings (SSSR count). The van der Waals surface area contributed by atoms with Crippen LogP contribution in [-0.4, -0.2) is 61.2 Å². The summed E-state index contributed by atoms with van der Waals surface area (Å²) in [5.74, 6) is 0.155. The van der Waals surface area contributed by atoms with E-state index in [0.29, 0.717) is 0 Å². The Morgan fingerprint density at radius 3 is 1.52 bits per heavy atom. The summed E-state index contributed by atoms with van der Waals surface area (Å²) in [5.41, 5.74) is -0.642. The first kappa shape index (κ1) is 39.5. The Hall–Kier alpha value is -0.940. The monoisotopic (exact) mass is 766 g/mol. The number of amides is 2. The van der Waals surface area contributed by atoms with E-state index in [-0.39, 0.29) is 44.8 Å². The fourth-order valence-corrected chi connectivity index (χ4v) is 20.7. The quantitative estimate of drug-likeness (QED) is 0.134. The fourth-order valence-electron chi connectivity index (χ4n) is 5.74.